The first kappa shape index (κ1) is 12.4. The highest BCUT2D eigenvalue weighted by molar-refractivity contribution is 6.36. The molecule has 0 saturated carbocycles. The molecule has 0 fully saturated rings. The molecule has 0 aliphatic rings. The molecule has 0 amide bonds. The van der Waals surface area contributed by atoms with Gasteiger partial charge >= 0.3 is 0 Å². The van der Waals surface area contributed by atoms with Crippen molar-refractivity contribution in [1.82, 2.24) is 4.98 Å². The summed E-state index contributed by atoms with van der Waals surface area (Å²) in [5, 5.41) is 21.0. The van der Waals surface area contributed by atoms with Crippen molar-refractivity contribution in [2.75, 3.05) is 0 Å². The van der Waals surface area contributed by atoms with E-state index < -0.39 is 10.4 Å². The molecule has 2 N–H and O–H groups in total. The number of hydrogen-bond acceptors (Lipinski definition) is 4. The third kappa shape index (κ3) is 1.62. The first-order valence-corrected chi connectivity index (χ1v) is 5.99. The Labute approximate surface area is 116 Å². The molecule has 0 spiro atoms. The summed E-state index contributed by atoms with van der Waals surface area (Å²) in [4.78, 5) is 25.7. The summed E-state index contributed by atoms with van der Waals surface area (Å²) in [5.41, 5.74) is -0.425. The van der Waals surface area contributed by atoms with E-state index in [9.17, 15) is 20.0 Å². The summed E-state index contributed by atoms with van der Waals surface area (Å²) in [6.07, 6.45) is 0. The first-order valence-electron chi connectivity index (χ1n) is 5.61. The molecule has 0 aliphatic carbocycles. The van der Waals surface area contributed by atoms with E-state index in [0.29, 0.717) is 5.52 Å². The second-order valence-electron chi connectivity index (χ2n) is 4.23. The zero-order chi connectivity index (χ0) is 14.4. The van der Waals surface area contributed by atoms with Crippen LogP contribution in [-0.2, 0) is 0 Å². The van der Waals surface area contributed by atoms with Gasteiger partial charge in [-0.05, 0) is 18.2 Å². The summed E-state index contributed by atoms with van der Waals surface area (Å²) < 4.78 is 0. The van der Waals surface area contributed by atoms with Gasteiger partial charge in [0.2, 0.25) is 5.43 Å². The molecule has 2 aromatic carbocycles. The summed E-state index contributed by atoms with van der Waals surface area (Å²) in [6, 6.07) is 6.99. The fraction of sp³-hybridized carbons (Fsp3) is 0. The Kier molecular flexibility index (Phi) is 2.62. The van der Waals surface area contributed by atoms with E-state index in [0.717, 1.165) is 0 Å². The number of benzene rings is 2. The number of fused-ring (bicyclic) bond motifs is 2. The molecule has 0 aliphatic heterocycles. The van der Waals surface area contributed by atoms with Crippen molar-refractivity contribution in [2.24, 2.45) is 0 Å². The number of pyridine rings is 1. The fourth-order valence-corrected chi connectivity index (χ4v) is 2.45. The summed E-state index contributed by atoms with van der Waals surface area (Å²) in [7, 11) is 0. The van der Waals surface area contributed by atoms with Crippen molar-refractivity contribution >= 4 is 39.1 Å². The van der Waals surface area contributed by atoms with E-state index in [-0.39, 0.29) is 32.7 Å². The number of rotatable bonds is 1. The molecule has 0 bridgehead atoms. The van der Waals surface area contributed by atoms with Crippen molar-refractivity contribution in [3.05, 3.63) is 55.7 Å². The largest absolute Gasteiger partial charge is 0.507 e. The van der Waals surface area contributed by atoms with E-state index in [1.165, 1.54) is 24.3 Å². The van der Waals surface area contributed by atoms with Gasteiger partial charge in [0, 0.05) is 6.07 Å². The van der Waals surface area contributed by atoms with E-state index in [2.05, 4.69) is 4.98 Å². The molecular weight excluding hydrogens is 284 g/mol. The van der Waals surface area contributed by atoms with Crippen LogP contribution in [0.15, 0.2) is 35.1 Å². The Balaban J connectivity index is 2.66. The molecule has 20 heavy (non-hydrogen) atoms. The van der Waals surface area contributed by atoms with Gasteiger partial charge in [-0.15, -0.1) is 0 Å². The summed E-state index contributed by atoms with van der Waals surface area (Å²) in [6.45, 7) is 0. The molecule has 1 heterocycles. The van der Waals surface area contributed by atoms with Crippen LogP contribution in [0.4, 0.5) is 5.69 Å². The number of phenols is 1. The van der Waals surface area contributed by atoms with Gasteiger partial charge in [0.25, 0.3) is 5.69 Å². The highest BCUT2D eigenvalue weighted by Crippen LogP contribution is 2.31. The summed E-state index contributed by atoms with van der Waals surface area (Å²) >= 11 is 5.97. The highest BCUT2D eigenvalue weighted by atomic mass is 35.5. The van der Waals surface area contributed by atoms with Crippen LogP contribution in [0, 0.1) is 10.1 Å². The number of nitrogens with one attached hydrogen (secondary N) is 1. The van der Waals surface area contributed by atoms with Crippen molar-refractivity contribution in [2.45, 2.75) is 0 Å². The maximum absolute atomic E-state index is 12.4. The average Bonchev–Trinajstić information content (AvgIpc) is 2.38. The molecule has 0 atom stereocenters. The Bertz CT molecular complexity index is 933. The number of non-ortho nitro benzene ring substituents is 1. The number of nitro benzene ring substituents is 1. The molecule has 3 aromatic rings. The van der Waals surface area contributed by atoms with Crippen molar-refractivity contribution in [3.8, 4) is 5.75 Å². The smallest absolute Gasteiger partial charge is 0.293 e. The fourth-order valence-electron chi connectivity index (χ4n) is 2.21. The van der Waals surface area contributed by atoms with Crippen molar-refractivity contribution in [3.63, 3.8) is 0 Å². The van der Waals surface area contributed by atoms with E-state index in [4.69, 9.17) is 11.6 Å². The molecule has 0 unspecified atom stereocenters. The molecule has 0 saturated heterocycles. The Morgan fingerprint density at radius 1 is 1.20 bits per heavy atom. The number of H-pyrrole nitrogens is 1. The third-order valence-electron chi connectivity index (χ3n) is 3.09. The predicted molar refractivity (Wildman–Crippen MR) is 75.4 cm³/mol. The van der Waals surface area contributed by atoms with Gasteiger partial charge in [-0.3, -0.25) is 14.9 Å². The van der Waals surface area contributed by atoms with Crippen molar-refractivity contribution in [1.29, 1.82) is 0 Å². The zero-order valence-electron chi connectivity index (χ0n) is 9.88. The van der Waals surface area contributed by atoms with E-state index >= 15 is 0 Å². The van der Waals surface area contributed by atoms with Crippen LogP contribution < -0.4 is 5.43 Å². The molecule has 100 valence electrons. The Morgan fingerprint density at radius 2 is 1.95 bits per heavy atom. The first-order chi connectivity index (χ1) is 9.50. The van der Waals surface area contributed by atoms with Gasteiger partial charge in [-0.1, -0.05) is 17.7 Å². The molecule has 7 heteroatoms. The number of nitro groups is 1. The van der Waals surface area contributed by atoms with Crippen molar-refractivity contribution < 1.29 is 10.0 Å². The van der Waals surface area contributed by atoms with Gasteiger partial charge < -0.3 is 10.1 Å². The van der Waals surface area contributed by atoms with E-state index in [1.807, 2.05) is 0 Å². The van der Waals surface area contributed by atoms with Crippen LogP contribution in [0.25, 0.3) is 21.8 Å². The quantitative estimate of drug-likeness (QED) is 0.409. The van der Waals surface area contributed by atoms with Gasteiger partial charge in [-0.25, -0.2) is 0 Å². The second-order valence-corrected chi connectivity index (χ2v) is 4.63. The Morgan fingerprint density at radius 3 is 2.65 bits per heavy atom. The second kappa shape index (κ2) is 4.21. The van der Waals surface area contributed by atoms with Gasteiger partial charge in [0.1, 0.15) is 11.3 Å². The van der Waals surface area contributed by atoms with Crippen LogP contribution in [0.3, 0.4) is 0 Å². The van der Waals surface area contributed by atoms with Crippen LogP contribution in [0.1, 0.15) is 0 Å². The third-order valence-corrected chi connectivity index (χ3v) is 3.40. The van der Waals surface area contributed by atoms with Crippen LogP contribution >= 0.6 is 11.6 Å². The maximum Gasteiger partial charge on any atom is 0.293 e. The number of aromatic amines is 1. The minimum Gasteiger partial charge on any atom is -0.507 e. The van der Waals surface area contributed by atoms with Gasteiger partial charge in [0.15, 0.2) is 0 Å². The van der Waals surface area contributed by atoms with Crippen LogP contribution in [0.2, 0.25) is 5.02 Å². The lowest BCUT2D eigenvalue weighted by molar-refractivity contribution is -0.383. The predicted octanol–water partition coefficient (Wildman–Crippen LogP) is 2.95. The van der Waals surface area contributed by atoms with Crippen LogP contribution in [-0.4, -0.2) is 15.0 Å². The van der Waals surface area contributed by atoms with Gasteiger partial charge in [-0.2, -0.15) is 0 Å². The molecule has 3 rings (SSSR count). The molecule has 6 nitrogen and oxygen atoms in total. The number of phenolic OH excluding ortho intramolecular Hbond substituents is 1. The number of aromatic hydroxyl groups is 1. The lowest BCUT2D eigenvalue weighted by Crippen LogP contribution is -2.06. The number of aromatic nitrogens is 1. The topological polar surface area (TPSA) is 96.2 Å². The lowest BCUT2D eigenvalue weighted by atomic mass is 10.1. The number of halogens is 1. The minimum atomic E-state index is -0.594. The lowest BCUT2D eigenvalue weighted by Gasteiger charge is -2.06. The monoisotopic (exact) mass is 290 g/mol. The average molecular weight is 291 g/mol. The zero-order valence-corrected chi connectivity index (χ0v) is 10.6. The normalized spacial score (nSPS) is 11.1. The molecule has 0 radical (unpaired) electrons. The number of nitrogens with zero attached hydrogens (tertiary/aromatic N) is 1. The maximum atomic E-state index is 12.4. The molecular formula is C13H7ClN2O4. The minimum absolute atomic E-state index is 0.00475. The number of hydrogen-bond donors (Lipinski definition) is 2. The van der Waals surface area contributed by atoms with Gasteiger partial charge in [0.05, 0.1) is 26.2 Å². The SMILES string of the molecule is O=c1c2c(O)cccc2[nH]c2c([N+](=O)[O-])ccc(Cl)c12. The standard InChI is InChI=1S/C13H7ClN2O4/c14-6-4-5-8(16(19)20)12-10(6)13(18)11-7(15-12)2-1-3-9(11)17/h1-5,17H,(H,15,18). The Hall–Kier alpha value is -2.60. The van der Waals surface area contributed by atoms with E-state index in [1.54, 1.807) is 6.07 Å². The summed E-state index contributed by atoms with van der Waals surface area (Å²) in [5.74, 6) is -0.201. The van der Waals surface area contributed by atoms with Crippen LogP contribution in [0.5, 0.6) is 5.75 Å². The highest BCUT2D eigenvalue weighted by Gasteiger charge is 2.19. The molecule has 1 aromatic heterocycles.